The zero-order valence-corrected chi connectivity index (χ0v) is 13.9. The molecule has 124 valence electrons. The predicted octanol–water partition coefficient (Wildman–Crippen LogP) is 3.15. The van der Waals surface area contributed by atoms with Crippen molar-refractivity contribution in [3.63, 3.8) is 0 Å². The fourth-order valence-electron chi connectivity index (χ4n) is 5.03. The number of amides is 1. The van der Waals surface area contributed by atoms with Crippen LogP contribution < -0.4 is 0 Å². The maximum atomic E-state index is 12.3. The lowest BCUT2D eigenvalue weighted by Crippen LogP contribution is -2.49. The summed E-state index contributed by atoms with van der Waals surface area (Å²) >= 11 is 0. The minimum Gasteiger partial charge on any atom is -0.456 e. The van der Waals surface area contributed by atoms with E-state index >= 15 is 0 Å². The van der Waals surface area contributed by atoms with E-state index in [4.69, 9.17) is 4.74 Å². The fraction of sp³-hybridized carbons (Fsp3) is 0.889. The number of rotatable bonds is 4. The van der Waals surface area contributed by atoms with Gasteiger partial charge in [-0.1, -0.05) is 6.42 Å². The van der Waals surface area contributed by atoms with Crippen molar-refractivity contribution in [2.24, 2.45) is 17.8 Å². The molecule has 0 N–H and O–H groups in total. The first-order valence-corrected chi connectivity index (χ1v) is 9.01. The van der Waals surface area contributed by atoms with E-state index in [2.05, 4.69) is 13.8 Å². The zero-order chi connectivity index (χ0) is 15.7. The van der Waals surface area contributed by atoms with Gasteiger partial charge in [-0.25, -0.2) is 0 Å². The van der Waals surface area contributed by atoms with Crippen molar-refractivity contribution < 1.29 is 14.3 Å². The van der Waals surface area contributed by atoms with Crippen LogP contribution in [-0.2, 0) is 14.3 Å². The third-order valence-corrected chi connectivity index (χ3v) is 6.15. The number of hydrogen-bond donors (Lipinski definition) is 0. The molecule has 3 rings (SSSR count). The fourth-order valence-corrected chi connectivity index (χ4v) is 5.03. The molecule has 5 atom stereocenters. The van der Waals surface area contributed by atoms with Gasteiger partial charge in [0, 0.05) is 18.5 Å². The topological polar surface area (TPSA) is 46.6 Å². The molecular weight excluding hydrogens is 278 g/mol. The van der Waals surface area contributed by atoms with Crippen LogP contribution in [-0.4, -0.2) is 35.5 Å². The van der Waals surface area contributed by atoms with Crippen molar-refractivity contribution in [3.05, 3.63) is 0 Å². The minimum atomic E-state index is -0.178. The second-order valence-electron chi connectivity index (χ2n) is 7.73. The van der Waals surface area contributed by atoms with E-state index in [-0.39, 0.29) is 30.6 Å². The number of piperidine rings is 1. The van der Waals surface area contributed by atoms with Crippen LogP contribution in [0.3, 0.4) is 0 Å². The summed E-state index contributed by atoms with van der Waals surface area (Å²) in [5.41, 5.74) is 0. The Morgan fingerprint density at radius 2 is 1.77 bits per heavy atom. The number of ether oxygens (including phenoxy) is 1. The van der Waals surface area contributed by atoms with Crippen LogP contribution in [0, 0.1) is 17.8 Å². The molecule has 0 aromatic heterocycles. The lowest BCUT2D eigenvalue weighted by Gasteiger charge is -2.38. The van der Waals surface area contributed by atoms with E-state index in [1.165, 1.54) is 32.1 Å². The maximum absolute atomic E-state index is 12.3. The molecule has 1 saturated heterocycles. The summed E-state index contributed by atoms with van der Waals surface area (Å²) in [5.74, 6) is 1.88. The number of hydrogen-bond acceptors (Lipinski definition) is 3. The van der Waals surface area contributed by atoms with Gasteiger partial charge < -0.3 is 9.64 Å². The molecular formula is C18H29NO3. The first-order valence-electron chi connectivity index (χ1n) is 9.01. The van der Waals surface area contributed by atoms with Crippen LogP contribution in [0.25, 0.3) is 0 Å². The summed E-state index contributed by atoms with van der Waals surface area (Å²) < 4.78 is 5.29. The highest BCUT2D eigenvalue weighted by molar-refractivity contribution is 5.81. The predicted molar refractivity (Wildman–Crippen MR) is 84.1 cm³/mol. The van der Waals surface area contributed by atoms with Crippen molar-refractivity contribution in [1.29, 1.82) is 0 Å². The van der Waals surface area contributed by atoms with Gasteiger partial charge in [0.1, 0.15) is 0 Å². The lowest BCUT2D eigenvalue weighted by molar-refractivity contribution is -0.155. The molecule has 0 aromatic rings. The largest absolute Gasteiger partial charge is 0.456 e. The van der Waals surface area contributed by atoms with E-state index in [1.54, 1.807) is 0 Å². The van der Waals surface area contributed by atoms with Crippen LogP contribution in [0.2, 0.25) is 0 Å². The van der Waals surface area contributed by atoms with Crippen LogP contribution in [0.4, 0.5) is 0 Å². The Morgan fingerprint density at radius 3 is 2.36 bits per heavy atom. The summed E-state index contributed by atoms with van der Waals surface area (Å²) in [6, 6.07) is 0.529. The molecule has 0 unspecified atom stereocenters. The Hall–Kier alpha value is -1.06. The van der Waals surface area contributed by atoms with E-state index < -0.39 is 0 Å². The number of esters is 1. The normalized spacial score (nSPS) is 37.4. The Bertz CT molecular complexity index is 426. The number of fused-ring (bicyclic) bond motifs is 2. The average molecular weight is 307 g/mol. The molecule has 2 saturated carbocycles. The highest BCUT2D eigenvalue weighted by Crippen LogP contribution is 2.49. The van der Waals surface area contributed by atoms with E-state index in [0.717, 1.165) is 24.7 Å². The van der Waals surface area contributed by atoms with E-state index in [1.807, 2.05) is 4.90 Å². The second kappa shape index (κ2) is 6.59. The van der Waals surface area contributed by atoms with E-state index in [9.17, 15) is 9.59 Å². The quantitative estimate of drug-likeness (QED) is 0.750. The molecule has 4 heteroatoms. The molecule has 22 heavy (non-hydrogen) atoms. The zero-order valence-electron chi connectivity index (χ0n) is 13.9. The van der Waals surface area contributed by atoms with Crippen molar-refractivity contribution in [2.75, 3.05) is 6.61 Å². The average Bonchev–Trinajstić information content (AvgIpc) is 3.07. The highest BCUT2D eigenvalue weighted by Gasteiger charge is 2.40. The van der Waals surface area contributed by atoms with Gasteiger partial charge in [0.05, 0.1) is 0 Å². The Balaban J connectivity index is 1.43. The van der Waals surface area contributed by atoms with Gasteiger partial charge in [0.15, 0.2) is 6.61 Å². The lowest BCUT2D eigenvalue weighted by atomic mass is 9.86. The summed E-state index contributed by atoms with van der Waals surface area (Å²) in [7, 11) is 0. The first kappa shape index (κ1) is 15.8. The van der Waals surface area contributed by atoms with Crippen LogP contribution in [0.1, 0.15) is 65.2 Å². The monoisotopic (exact) mass is 307 g/mol. The molecule has 3 fully saturated rings. The summed E-state index contributed by atoms with van der Waals surface area (Å²) in [5, 5.41) is 0. The van der Waals surface area contributed by atoms with Crippen molar-refractivity contribution >= 4 is 11.9 Å². The highest BCUT2D eigenvalue weighted by atomic mass is 16.5. The van der Waals surface area contributed by atoms with Gasteiger partial charge >= 0.3 is 5.97 Å². The van der Waals surface area contributed by atoms with Gasteiger partial charge in [-0.3, -0.25) is 9.59 Å². The molecule has 2 bridgehead atoms. The summed E-state index contributed by atoms with van der Waals surface area (Å²) in [6.45, 7) is 4.10. The Morgan fingerprint density at radius 1 is 1.05 bits per heavy atom. The van der Waals surface area contributed by atoms with Gasteiger partial charge in [-0.05, 0) is 70.1 Å². The smallest absolute Gasteiger partial charge is 0.306 e. The van der Waals surface area contributed by atoms with Crippen LogP contribution >= 0.6 is 0 Å². The van der Waals surface area contributed by atoms with Crippen LogP contribution in [0.15, 0.2) is 0 Å². The maximum Gasteiger partial charge on any atom is 0.306 e. The SMILES string of the molecule is C[C@@H]1CCC[C@@H](C)N1C(=O)COC(=O)C[C@H]1C[C@H]2CC[C@H]1C2. The van der Waals surface area contributed by atoms with E-state index in [0.29, 0.717) is 12.3 Å². The van der Waals surface area contributed by atoms with Gasteiger partial charge in [-0.2, -0.15) is 0 Å². The summed E-state index contributed by atoms with van der Waals surface area (Å²) in [6.07, 6.45) is 8.91. The molecule has 1 amide bonds. The number of nitrogens with zero attached hydrogens (tertiary/aromatic N) is 1. The number of carbonyl (C=O) groups excluding carboxylic acids is 2. The molecule has 3 aliphatic rings. The van der Waals surface area contributed by atoms with Crippen molar-refractivity contribution in [1.82, 2.24) is 4.90 Å². The molecule has 4 nitrogen and oxygen atoms in total. The van der Waals surface area contributed by atoms with Crippen molar-refractivity contribution in [3.8, 4) is 0 Å². The standard InChI is InChI=1S/C18H29NO3/c1-12-4-3-5-13(2)19(12)17(20)11-22-18(21)10-16-9-14-6-7-15(16)8-14/h12-16H,3-11H2,1-2H3/t12-,13-,14+,15+,16-/m1/s1. The third-order valence-electron chi connectivity index (χ3n) is 6.15. The number of carbonyl (C=O) groups is 2. The molecule has 1 heterocycles. The molecule has 2 aliphatic carbocycles. The summed E-state index contributed by atoms with van der Waals surface area (Å²) in [4.78, 5) is 26.3. The van der Waals surface area contributed by atoms with Gasteiger partial charge in [0.2, 0.25) is 0 Å². The third kappa shape index (κ3) is 3.31. The van der Waals surface area contributed by atoms with Gasteiger partial charge in [0.25, 0.3) is 5.91 Å². The Kier molecular flexibility index (Phi) is 4.74. The first-order chi connectivity index (χ1) is 10.5. The van der Waals surface area contributed by atoms with Gasteiger partial charge in [-0.15, -0.1) is 0 Å². The second-order valence-corrected chi connectivity index (χ2v) is 7.73. The molecule has 0 spiro atoms. The molecule has 0 radical (unpaired) electrons. The van der Waals surface area contributed by atoms with Crippen molar-refractivity contribution in [2.45, 2.75) is 77.3 Å². The number of likely N-dealkylation sites (tertiary alicyclic amines) is 1. The Labute approximate surface area is 133 Å². The molecule has 1 aliphatic heterocycles. The van der Waals surface area contributed by atoms with Crippen LogP contribution in [0.5, 0.6) is 0 Å². The minimum absolute atomic E-state index is 0.0269. The molecule has 0 aromatic carbocycles.